The van der Waals surface area contributed by atoms with Crippen LogP contribution in [0.25, 0.3) is 33.4 Å². The van der Waals surface area contributed by atoms with Gasteiger partial charge in [0, 0.05) is 17.2 Å². The summed E-state index contributed by atoms with van der Waals surface area (Å²) in [4.78, 5) is 21.1. The minimum Gasteiger partial charge on any atom is -0.492 e. The van der Waals surface area contributed by atoms with E-state index in [1.165, 1.54) is 0 Å². The number of carbonyl (C=O) groups excluding carboxylic acids is 1. The molecular weight excluding hydrogens is 440 g/mol. The van der Waals surface area contributed by atoms with E-state index in [4.69, 9.17) is 30.8 Å². The summed E-state index contributed by atoms with van der Waals surface area (Å²) in [5.41, 5.74) is 2.45. The van der Waals surface area contributed by atoms with E-state index in [0.717, 1.165) is 27.6 Å². The molecule has 1 aromatic heterocycles. The van der Waals surface area contributed by atoms with Crippen molar-refractivity contribution in [2.45, 2.75) is 6.92 Å². The molecule has 0 unspecified atom stereocenters. The van der Waals surface area contributed by atoms with Gasteiger partial charge in [-0.2, -0.15) is 4.98 Å². The van der Waals surface area contributed by atoms with Crippen LogP contribution in [0.15, 0.2) is 72.8 Å². The van der Waals surface area contributed by atoms with Crippen molar-refractivity contribution >= 4 is 28.3 Å². The van der Waals surface area contributed by atoms with Crippen molar-refractivity contribution in [3.63, 3.8) is 0 Å². The van der Waals surface area contributed by atoms with Crippen molar-refractivity contribution in [2.75, 3.05) is 25.7 Å². The predicted octanol–water partition coefficient (Wildman–Crippen LogP) is 5.52. The molecule has 0 spiro atoms. The molecule has 6 nitrogen and oxygen atoms in total. The van der Waals surface area contributed by atoms with E-state index >= 15 is 0 Å². The molecule has 7 heteroatoms. The van der Waals surface area contributed by atoms with Crippen LogP contribution in [-0.2, 0) is 9.53 Å². The summed E-state index contributed by atoms with van der Waals surface area (Å²) in [6, 6.07) is 23.3. The van der Waals surface area contributed by atoms with Crippen LogP contribution in [0.4, 0.5) is 0 Å². The van der Waals surface area contributed by atoms with Crippen molar-refractivity contribution in [3.05, 3.63) is 72.8 Å². The van der Waals surface area contributed by atoms with Gasteiger partial charge < -0.3 is 14.2 Å². The zero-order valence-electron chi connectivity index (χ0n) is 18.2. The van der Waals surface area contributed by atoms with Gasteiger partial charge in [-0.15, -0.1) is 11.6 Å². The van der Waals surface area contributed by atoms with Crippen molar-refractivity contribution < 1.29 is 19.0 Å². The van der Waals surface area contributed by atoms with Gasteiger partial charge in [0.05, 0.1) is 18.2 Å². The normalized spacial score (nSPS) is 10.7. The third kappa shape index (κ3) is 5.79. The molecule has 0 N–H and O–H groups in total. The first-order valence-corrected chi connectivity index (χ1v) is 11.2. The number of esters is 1. The highest BCUT2D eigenvalue weighted by Gasteiger charge is 2.12. The molecular formula is C26H23ClN2O4. The molecule has 0 aliphatic carbocycles. The Morgan fingerprint density at radius 1 is 0.879 bits per heavy atom. The van der Waals surface area contributed by atoms with Crippen LogP contribution in [0.2, 0.25) is 0 Å². The molecule has 0 aliphatic rings. The summed E-state index contributed by atoms with van der Waals surface area (Å²) in [5, 5.41) is 2.05. The van der Waals surface area contributed by atoms with E-state index in [1.54, 1.807) is 13.0 Å². The molecule has 4 aromatic rings. The highest BCUT2D eigenvalue weighted by atomic mass is 35.5. The first-order valence-electron chi connectivity index (χ1n) is 10.6. The van der Waals surface area contributed by atoms with Crippen LogP contribution in [0.1, 0.15) is 6.92 Å². The van der Waals surface area contributed by atoms with Gasteiger partial charge in [-0.05, 0) is 35.9 Å². The van der Waals surface area contributed by atoms with Crippen LogP contribution in [0.3, 0.4) is 0 Å². The number of nitrogens with zero attached hydrogens (tertiary/aromatic N) is 2. The Labute approximate surface area is 197 Å². The van der Waals surface area contributed by atoms with Crippen molar-refractivity contribution in [1.29, 1.82) is 0 Å². The Morgan fingerprint density at radius 2 is 1.67 bits per heavy atom. The average Bonchev–Trinajstić information content (AvgIpc) is 2.86. The molecule has 0 fully saturated rings. The molecule has 0 bridgehead atoms. The van der Waals surface area contributed by atoms with Gasteiger partial charge in [-0.25, -0.2) is 9.78 Å². The van der Waals surface area contributed by atoms with Gasteiger partial charge in [0.2, 0.25) is 5.88 Å². The number of hydrogen-bond acceptors (Lipinski definition) is 6. The minimum atomic E-state index is -0.447. The van der Waals surface area contributed by atoms with Crippen LogP contribution in [0, 0.1) is 0 Å². The summed E-state index contributed by atoms with van der Waals surface area (Å²) >= 11 is 5.71. The molecule has 1 heterocycles. The van der Waals surface area contributed by atoms with Gasteiger partial charge in [0.15, 0.2) is 12.4 Å². The van der Waals surface area contributed by atoms with Crippen molar-refractivity contribution in [1.82, 2.24) is 9.97 Å². The third-order valence-electron chi connectivity index (χ3n) is 4.83. The van der Waals surface area contributed by atoms with E-state index in [1.807, 2.05) is 66.7 Å². The summed E-state index contributed by atoms with van der Waals surface area (Å²) in [7, 11) is 0. The Kier molecular flexibility index (Phi) is 7.37. The van der Waals surface area contributed by atoms with Gasteiger partial charge in [-0.3, -0.25) is 0 Å². The lowest BCUT2D eigenvalue weighted by Gasteiger charge is -2.11. The van der Waals surface area contributed by atoms with Crippen LogP contribution < -0.4 is 9.47 Å². The van der Waals surface area contributed by atoms with Gasteiger partial charge in [0.1, 0.15) is 12.4 Å². The molecule has 0 saturated carbocycles. The van der Waals surface area contributed by atoms with Gasteiger partial charge in [-0.1, -0.05) is 48.5 Å². The second-order valence-corrected chi connectivity index (χ2v) is 7.51. The monoisotopic (exact) mass is 462 g/mol. The lowest BCUT2D eigenvalue weighted by molar-refractivity contribution is -0.145. The number of ether oxygens (including phenoxy) is 3. The van der Waals surface area contributed by atoms with Crippen LogP contribution in [-0.4, -0.2) is 41.6 Å². The van der Waals surface area contributed by atoms with E-state index in [2.05, 4.69) is 4.98 Å². The number of halogens is 1. The molecule has 0 saturated heterocycles. The summed E-state index contributed by atoms with van der Waals surface area (Å²) in [5.74, 6) is 1.56. The highest BCUT2D eigenvalue weighted by molar-refractivity contribution is 6.18. The Bertz CT molecular complexity index is 1250. The molecule has 168 valence electrons. The van der Waals surface area contributed by atoms with E-state index in [0.29, 0.717) is 36.5 Å². The topological polar surface area (TPSA) is 70.5 Å². The molecule has 0 atom stereocenters. The lowest BCUT2D eigenvalue weighted by atomic mass is 10.1. The number of benzene rings is 3. The number of carbonyl (C=O) groups is 1. The molecule has 33 heavy (non-hydrogen) atoms. The quantitative estimate of drug-likeness (QED) is 0.241. The van der Waals surface area contributed by atoms with Crippen LogP contribution >= 0.6 is 11.6 Å². The summed E-state index contributed by atoms with van der Waals surface area (Å²) < 4.78 is 16.2. The fraction of sp³-hybridized carbons (Fsp3) is 0.192. The largest absolute Gasteiger partial charge is 0.492 e. The number of fused-ring (bicyclic) bond motifs is 1. The first-order chi connectivity index (χ1) is 16.2. The molecule has 0 radical (unpaired) electrons. The van der Waals surface area contributed by atoms with E-state index < -0.39 is 5.97 Å². The highest BCUT2D eigenvalue weighted by Crippen LogP contribution is 2.29. The molecule has 0 amide bonds. The molecule has 3 aromatic carbocycles. The average molecular weight is 463 g/mol. The SMILES string of the molecule is CCOC(=O)COc1cc(-c2ccccc2)nc(-c2ccc3cc(OCCCl)ccc3c2)n1. The maximum absolute atomic E-state index is 11.8. The fourth-order valence-electron chi connectivity index (χ4n) is 3.33. The van der Waals surface area contributed by atoms with Crippen LogP contribution in [0.5, 0.6) is 11.6 Å². The van der Waals surface area contributed by atoms with E-state index in [9.17, 15) is 4.79 Å². The predicted molar refractivity (Wildman–Crippen MR) is 129 cm³/mol. The Morgan fingerprint density at radius 3 is 2.45 bits per heavy atom. The number of aromatic nitrogens is 2. The zero-order chi connectivity index (χ0) is 23.0. The van der Waals surface area contributed by atoms with Gasteiger partial charge >= 0.3 is 5.97 Å². The standard InChI is InChI=1S/C26H23ClN2O4/c1-2-31-25(30)17-33-24-16-23(18-6-4-3-5-7-18)28-26(29-24)21-9-8-20-15-22(32-13-12-27)11-10-19(20)14-21/h3-11,14-16H,2,12-13,17H2,1H3. The second-order valence-electron chi connectivity index (χ2n) is 7.14. The second kappa shape index (κ2) is 10.8. The summed E-state index contributed by atoms with van der Waals surface area (Å²) in [6.07, 6.45) is 0. The number of alkyl halides is 1. The molecule has 0 aliphatic heterocycles. The number of rotatable bonds is 9. The minimum absolute atomic E-state index is 0.221. The Hall–Kier alpha value is -3.64. The zero-order valence-corrected chi connectivity index (χ0v) is 18.9. The maximum Gasteiger partial charge on any atom is 0.344 e. The van der Waals surface area contributed by atoms with Gasteiger partial charge in [0.25, 0.3) is 0 Å². The maximum atomic E-state index is 11.8. The van der Waals surface area contributed by atoms with Crippen molar-refractivity contribution in [3.8, 4) is 34.3 Å². The van der Waals surface area contributed by atoms with Crippen molar-refractivity contribution in [2.24, 2.45) is 0 Å². The first kappa shape index (κ1) is 22.6. The fourth-order valence-corrected chi connectivity index (χ4v) is 3.41. The molecule has 4 rings (SSSR count). The Balaban J connectivity index is 1.69. The lowest BCUT2D eigenvalue weighted by Crippen LogP contribution is -2.15. The van der Waals surface area contributed by atoms with E-state index in [-0.39, 0.29) is 6.61 Å². The summed E-state index contributed by atoms with van der Waals surface area (Å²) in [6.45, 7) is 2.28. The third-order valence-corrected chi connectivity index (χ3v) is 4.99. The smallest absolute Gasteiger partial charge is 0.344 e. The number of hydrogen-bond donors (Lipinski definition) is 0.